The highest BCUT2D eigenvalue weighted by Gasteiger charge is 2.27. The van der Waals surface area contributed by atoms with Gasteiger partial charge in [-0.25, -0.2) is 0 Å². The highest BCUT2D eigenvalue weighted by molar-refractivity contribution is 6.27. The predicted molar refractivity (Wildman–Crippen MR) is 110 cm³/mol. The van der Waals surface area contributed by atoms with E-state index in [2.05, 4.69) is 75.4 Å². The van der Waals surface area contributed by atoms with Gasteiger partial charge in [-0.15, -0.1) is 0 Å². The lowest BCUT2D eigenvalue weighted by molar-refractivity contribution is 0.795. The highest BCUT2D eigenvalue weighted by Crippen LogP contribution is 2.46. The molecule has 0 aromatic heterocycles. The number of benzene rings is 2. The van der Waals surface area contributed by atoms with Gasteiger partial charge in [0, 0.05) is 10.2 Å². The van der Waals surface area contributed by atoms with Crippen molar-refractivity contribution < 1.29 is 0 Å². The fourth-order valence-electron chi connectivity index (χ4n) is 3.76. The number of hydrogen-bond donors (Lipinski definition) is 0. The average molecular weight is 333 g/mol. The first-order chi connectivity index (χ1) is 11.6. The van der Waals surface area contributed by atoms with Crippen LogP contribution in [0.25, 0.3) is 11.1 Å². The summed E-state index contributed by atoms with van der Waals surface area (Å²) in [6.07, 6.45) is 3.73. The highest BCUT2D eigenvalue weighted by atomic mass is 28.1. The van der Waals surface area contributed by atoms with Crippen LogP contribution in [-0.4, -0.2) is 10.2 Å². The third-order valence-corrected chi connectivity index (χ3v) is 7.08. The number of unbranched alkanes of at least 4 members (excludes halogenated alkanes) is 1. The Balaban J connectivity index is 2.04. The molecule has 3 rings (SSSR count). The molecule has 1 aliphatic rings. The SMILES string of the molecule is CCCCc1ccc(C2=C(c3ccccc3)C(C)=C([SiH3])C2C)cc1. The molecule has 0 saturated heterocycles. The van der Waals surface area contributed by atoms with E-state index in [1.165, 1.54) is 52.7 Å². The summed E-state index contributed by atoms with van der Waals surface area (Å²) in [4.78, 5) is 0. The summed E-state index contributed by atoms with van der Waals surface area (Å²) in [5, 5.41) is 1.64. The second-order valence-electron chi connectivity index (χ2n) is 6.98. The minimum Gasteiger partial charge on any atom is -0.0812 e. The largest absolute Gasteiger partial charge is 0.0812 e. The van der Waals surface area contributed by atoms with E-state index in [0.717, 1.165) is 10.2 Å². The first-order valence-corrected chi connectivity index (χ1v) is 10.2. The Morgan fingerprint density at radius 2 is 1.58 bits per heavy atom. The lowest BCUT2D eigenvalue weighted by atomic mass is 9.90. The molecule has 0 saturated carbocycles. The Bertz CT molecular complexity index is 763. The van der Waals surface area contributed by atoms with Crippen molar-refractivity contribution in [1.82, 2.24) is 0 Å². The van der Waals surface area contributed by atoms with Crippen LogP contribution in [-0.2, 0) is 6.42 Å². The molecule has 0 radical (unpaired) electrons. The van der Waals surface area contributed by atoms with Gasteiger partial charge in [-0.2, -0.15) is 0 Å². The van der Waals surface area contributed by atoms with Gasteiger partial charge in [-0.1, -0.05) is 80.1 Å². The summed E-state index contributed by atoms with van der Waals surface area (Å²) in [5.74, 6) is 0.549. The molecule has 124 valence electrons. The maximum absolute atomic E-state index is 2.38. The molecule has 1 aliphatic carbocycles. The second-order valence-corrected chi connectivity index (χ2v) is 8.06. The average Bonchev–Trinajstić information content (AvgIpc) is 2.85. The number of rotatable bonds is 5. The van der Waals surface area contributed by atoms with Crippen LogP contribution in [0.5, 0.6) is 0 Å². The Labute approximate surface area is 149 Å². The number of aryl methyl sites for hydroxylation is 1. The van der Waals surface area contributed by atoms with Crippen LogP contribution in [0.1, 0.15) is 50.3 Å². The van der Waals surface area contributed by atoms with Crippen molar-refractivity contribution >= 4 is 21.4 Å². The molecule has 24 heavy (non-hydrogen) atoms. The molecule has 0 bridgehead atoms. The first-order valence-electron chi connectivity index (χ1n) is 9.20. The molecule has 0 spiro atoms. The Kier molecular flexibility index (Phi) is 5.20. The maximum Gasteiger partial charge on any atom is 0.0344 e. The van der Waals surface area contributed by atoms with E-state index >= 15 is 0 Å². The molecule has 0 fully saturated rings. The summed E-state index contributed by atoms with van der Waals surface area (Å²) in [6.45, 7) is 6.94. The van der Waals surface area contributed by atoms with Crippen LogP contribution in [0.4, 0.5) is 0 Å². The zero-order valence-electron chi connectivity index (χ0n) is 15.4. The van der Waals surface area contributed by atoms with E-state index in [4.69, 9.17) is 0 Å². The van der Waals surface area contributed by atoms with Crippen LogP contribution < -0.4 is 0 Å². The first kappa shape index (κ1) is 17.0. The minimum absolute atomic E-state index is 0.549. The van der Waals surface area contributed by atoms with Crippen molar-refractivity contribution in [2.24, 2.45) is 5.92 Å². The molecule has 0 aliphatic heterocycles. The molecular weight excluding hydrogens is 304 g/mol. The van der Waals surface area contributed by atoms with Crippen LogP contribution in [0.15, 0.2) is 65.4 Å². The molecule has 2 aromatic carbocycles. The van der Waals surface area contributed by atoms with Gasteiger partial charge in [0.15, 0.2) is 0 Å². The van der Waals surface area contributed by atoms with Crippen molar-refractivity contribution in [3.63, 3.8) is 0 Å². The fourth-order valence-corrected chi connectivity index (χ4v) is 4.30. The fraction of sp³-hybridized carbons (Fsp3) is 0.304. The quantitative estimate of drug-likeness (QED) is 0.658. The third kappa shape index (κ3) is 3.18. The Morgan fingerprint density at radius 3 is 2.21 bits per heavy atom. The van der Waals surface area contributed by atoms with Gasteiger partial charge in [0.25, 0.3) is 0 Å². The van der Waals surface area contributed by atoms with E-state index in [9.17, 15) is 0 Å². The van der Waals surface area contributed by atoms with Crippen molar-refractivity contribution in [2.75, 3.05) is 0 Å². The van der Waals surface area contributed by atoms with E-state index in [1.807, 2.05) is 0 Å². The molecule has 0 amide bonds. The van der Waals surface area contributed by atoms with Crippen molar-refractivity contribution in [3.05, 3.63) is 82.1 Å². The zero-order valence-corrected chi connectivity index (χ0v) is 17.4. The zero-order chi connectivity index (χ0) is 17.1. The van der Waals surface area contributed by atoms with Crippen molar-refractivity contribution in [3.8, 4) is 0 Å². The van der Waals surface area contributed by atoms with Gasteiger partial charge in [0.05, 0.1) is 0 Å². The van der Waals surface area contributed by atoms with Gasteiger partial charge in [-0.3, -0.25) is 0 Å². The minimum atomic E-state index is 0.549. The van der Waals surface area contributed by atoms with Gasteiger partial charge in [0.1, 0.15) is 0 Å². The normalized spacial score (nSPS) is 17.9. The van der Waals surface area contributed by atoms with E-state index in [1.54, 1.807) is 5.20 Å². The predicted octanol–water partition coefficient (Wildman–Crippen LogP) is 5.23. The van der Waals surface area contributed by atoms with Gasteiger partial charge < -0.3 is 0 Å². The topological polar surface area (TPSA) is 0 Å². The molecule has 0 nitrogen and oxygen atoms in total. The summed E-state index contributed by atoms with van der Waals surface area (Å²) in [7, 11) is 1.14. The monoisotopic (exact) mass is 332 g/mol. The Morgan fingerprint density at radius 1 is 0.917 bits per heavy atom. The molecular formula is C23H28Si. The number of allylic oxidation sites excluding steroid dienone is 4. The van der Waals surface area contributed by atoms with Gasteiger partial charge in [0.2, 0.25) is 0 Å². The maximum atomic E-state index is 2.38. The van der Waals surface area contributed by atoms with E-state index < -0.39 is 0 Å². The van der Waals surface area contributed by atoms with Crippen LogP contribution in [0.2, 0.25) is 0 Å². The molecule has 0 heterocycles. The standard InChI is InChI=1S/C23H28Si/c1-4-5-9-18-12-14-20(15-13-18)22-17(3)23(24)16(2)21(22)19-10-7-6-8-11-19/h6-8,10-15,17H,4-5,9H2,1-3,24H3. The summed E-state index contributed by atoms with van der Waals surface area (Å²) in [5.41, 5.74) is 8.71. The van der Waals surface area contributed by atoms with Crippen molar-refractivity contribution in [1.29, 1.82) is 0 Å². The van der Waals surface area contributed by atoms with E-state index in [-0.39, 0.29) is 0 Å². The lowest BCUT2D eigenvalue weighted by Crippen LogP contribution is -1.99. The second kappa shape index (κ2) is 7.35. The van der Waals surface area contributed by atoms with Crippen LogP contribution in [0.3, 0.4) is 0 Å². The van der Waals surface area contributed by atoms with E-state index in [0.29, 0.717) is 5.92 Å². The summed E-state index contributed by atoms with van der Waals surface area (Å²) in [6, 6.07) is 20.2. The molecule has 1 atom stereocenters. The Hall–Kier alpha value is -1.86. The van der Waals surface area contributed by atoms with Crippen molar-refractivity contribution in [2.45, 2.75) is 40.0 Å². The molecule has 2 aromatic rings. The van der Waals surface area contributed by atoms with Crippen LogP contribution >= 0.6 is 0 Å². The molecule has 1 unspecified atom stereocenters. The van der Waals surface area contributed by atoms with Crippen LogP contribution in [0, 0.1) is 5.92 Å². The lowest BCUT2D eigenvalue weighted by Gasteiger charge is -2.15. The summed E-state index contributed by atoms with van der Waals surface area (Å²) < 4.78 is 0. The molecule has 1 heteroatoms. The van der Waals surface area contributed by atoms with Gasteiger partial charge >= 0.3 is 0 Å². The molecule has 0 N–H and O–H groups in total. The third-order valence-electron chi connectivity index (χ3n) is 5.46. The van der Waals surface area contributed by atoms with Gasteiger partial charge in [-0.05, 0) is 59.1 Å². The smallest absolute Gasteiger partial charge is 0.0344 e. The number of hydrogen-bond acceptors (Lipinski definition) is 0. The summed E-state index contributed by atoms with van der Waals surface area (Å²) >= 11 is 0.